The topological polar surface area (TPSA) is 152 Å². The lowest BCUT2D eigenvalue weighted by atomic mass is 9.94. The highest BCUT2D eigenvalue weighted by Crippen LogP contribution is 2.22. The molecule has 2 aromatic heterocycles. The quantitative estimate of drug-likeness (QED) is 0.503. The third-order valence-electron chi connectivity index (χ3n) is 5.83. The molecule has 1 aliphatic rings. The summed E-state index contributed by atoms with van der Waals surface area (Å²) >= 11 is 0. The molecular weight excluding hydrogens is 438 g/mol. The maximum Gasteiger partial charge on any atom is 0.271 e. The monoisotopic (exact) mass is 469 g/mol. The minimum atomic E-state index is -0.891. The normalized spacial score (nSPS) is 18.9. The predicted molar refractivity (Wildman–Crippen MR) is 123 cm³/mol. The van der Waals surface area contributed by atoms with E-state index in [4.69, 9.17) is 5.73 Å². The number of likely N-dealkylation sites (tertiary alicyclic amines) is 1. The van der Waals surface area contributed by atoms with Gasteiger partial charge in [0.05, 0.1) is 6.20 Å². The van der Waals surface area contributed by atoms with E-state index in [1.165, 1.54) is 23.5 Å². The molecule has 3 rings (SSSR count). The Kier molecular flexibility index (Phi) is 7.98. The zero-order valence-electron chi connectivity index (χ0n) is 19.6. The van der Waals surface area contributed by atoms with E-state index in [1.54, 1.807) is 29.9 Å². The SMILES string of the molecule is CC(C)C[C@@H](NC(=O)[C@H]1C[C@@H](NC(=O)c2cnccn2)CCN1C(=O)c1cccn1C)C(N)=O. The zero-order chi connectivity index (χ0) is 24.8. The van der Waals surface area contributed by atoms with E-state index in [0.29, 0.717) is 18.5 Å². The fourth-order valence-corrected chi connectivity index (χ4v) is 4.08. The number of nitrogens with one attached hydrogen (secondary N) is 2. The lowest BCUT2D eigenvalue weighted by Gasteiger charge is -2.39. The molecule has 2 aromatic rings. The van der Waals surface area contributed by atoms with Crippen LogP contribution in [0.3, 0.4) is 0 Å². The highest BCUT2D eigenvalue weighted by molar-refractivity contribution is 5.98. The molecule has 0 saturated carbocycles. The first-order valence-corrected chi connectivity index (χ1v) is 11.3. The van der Waals surface area contributed by atoms with Crippen LogP contribution < -0.4 is 16.4 Å². The molecule has 4 N–H and O–H groups in total. The first kappa shape index (κ1) is 24.9. The van der Waals surface area contributed by atoms with E-state index in [0.717, 1.165) is 0 Å². The van der Waals surface area contributed by atoms with Crippen LogP contribution >= 0.6 is 0 Å². The van der Waals surface area contributed by atoms with Crippen LogP contribution in [0.15, 0.2) is 36.9 Å². The third-order valence-corrected chi connectivity index (χ3v) is 5.83. The molecule has 3 atom stereocenters. The Hall–Kier alpha value is -3.76. The molecule has 3 heterocycles. The van der Waals surface area contributed by atoms with Crippen molar-refractivity contribution in [1.29, 1.82) is 0 Å². The largest absolute Gasteiger partial charge is 0.368 e. The van der Waals surface area contributed by atoms with Crippen LogP contribution in [0.25, 0.3) is 0 Å². The summed E-state index contributed by atoms with van der Waals surface area (Å²) in [5.41, 5.74) is 6.11. The summed E-state index contributed by atoms with van der Waals surface area (Å²) in [6, 6.07) is 1.32. The van der Waals surface area contributed by atoms with Gasteiger partial charge < -0.3 is 25.8 Å². The van der Waals surface area contributed by atoms with E-state index in [2.05, 4.69) is 20.6 Å². The summed E-state index contributed by atoms with van der Waals surface area (Å²) in [5, 5.41) is 5.60. The molecule has 34 heavy (non-hydrogen) atoms. The van der Waals surface area contributed by atoms with Crippen LogP contribution in [0.4, 0.5) is 0 Å². The molecule has 0 radical (unpaired) electrons. The van der Waals surface area contributed by atoms with Gasteiger partial charge in [-0.25, -0.2) is 4.98 Å². The van der Waals surface area contributed by atoms with Crippen LogP contribution in [0.1, 0.15) is 54.1 Å². The Bertz CT molecular complexity index is 1040. The van der Waals surface area contributed by atoms with Crippen molar-refractivity contribution in [3.05, 3.63) is 48.3 Å². The Morgan fingerprint density at radius 2 is 2.00 bits per heavy atom. The van der Waals surface area contributed by atoms with Gasteiger partial charge in [-0.2, -0.15) is 0 Å². The summed E-state index contributed by atoms with van der Waals surface area (Å²) in [6.45, 7) is 4.09. The third kappa shape index (κ3) is 5.97. The number of amides is 4. The van der Waals surface area contributed by atoms with Crippen molar-refractivity contribution in [3.8, 4) is 0 Å². The van der Waals surface area contributed by atoms with Gasteiger partial charge in [0.25, 0.3) is 11.8 Å². The van der Waals surface area contributed by atoms with E-state index < -0.39 is 29.8 Å². The fourth-order valence-electron chi connectivity index (χ4n) is 4.08. The number of hydrogen-bond donors (Lipinski definition) is 3. The molecule has 0 bridgehead atoms. The Morgan fingerprint density at radius 3 is 2.59 bits per heavy atom. The maximum atomic E-state index is 13.3. The summed E-state index contributed by atoms with van der Waals surface area (Å²) in [5.74, 6) is -1.69. The smallest absolute Gasteiger partial charge is 0.271 e. The molecule has 11 nitrogen and oxygen atoms in total. The Morgan fingerprint density at radius 1 is 1.24 bits per heavy atom. The second-order valence-electron chi connectivity index (χ2n) is 8.90. The van der Waals surface area contributed by atoms with Crippen molar-refractivity contribution in [1.82, 2.24) is 30.1 Å². The summed E-state index contributed by atoms with van der Waals surface area (Å²) in [6.07, 6.45) is 7.02. The molecule has 0 aromatic carbocycles. The van der Waals surface area contributed by atoms with Gasteiger partial charge in [0.1, 0.15) is 23.5 Å². The van der Waals surface area contributed by atoms with Crippen LogP contribution in [-0.2, 0) is 16.6 Å². The number of hydrogen-bond acceptors (Lipinski definition) is 6. The first-order chi connectivity index (χ1) is 16.2. The lowest BCUT2D eigenvalue weighted by molar-refractivity contribution is -0.131. The fraction of sp³-hybridized carbons (Fsp3) is 0.478. The van der Waals surface area contributed by atoms with Crippen molar-refractivity contribution >= 4 is 23.6 Å². The Balaban J connectivity index is 1.80. The van der Waals surface area contributed by atoms with Crippen LogP contribution in [-0.4, -0.2) is 67.7 Å². The molecule has 4 amide bonds. The molecule has 11 heteroatoms. The lowest BCUT2D eigenvalue weighted by Crippen LogP contribution is -2.59. The van der Waals surface area contributed by atoms with Crippen molar-refractivity contribution in [2.45, 2.75) is 51.2 Å². The van der Waals surface area contributed by atoms with Gasteiger partial charge >= 0.3 is 0 Å². The molecule has 1 aliphatic heterocycles. The molecule has 1 fully saturated rings. The van der Waals surface area contributed by atoms with Crippen molar-refractivity contribution in [2.75, 3.05) is 6.54 Å². The molecule has 0 aliphatic carbocycles. The number of carbonyl (C=O) groups is 4. The van der Waals surface area contributed by atoms with Crippen molar-refractivity contribution in [3.63, 3.8) is 0 Å². The van der Waals surface area contributed by atoms with Gasteiger partial charge in [0.15, 0.2) is 0 Å². The van der Waals surface area contributed by atoms with Gasteiger partial charge in [-0.3, -0.25) is 24.2 Å². The standard InChI is InChI=1S/C23H31N7O4/c1-14(2)11-16(20(24)31)28-22(33)19-12-15(27-21(32)17-13-25-7-8-26-17)6-10-30(19)23(34)18-5-4-9-29(18)3/h4-5,7-9,13-16,19H,6,10-12H2,1-3H3,(H2,24,31)(H,27,32)(H,28,33)/t15-,16+,19+/m0/s1. The van der Waals surface area contributed by atoms with Gasteiger partial charge in [0.2, 0.25) is 11.8 Å². The zero-order valence-corrected chi connectivity index (χ0v) is 19.6. The van der Waals surface area contributed by atoms with Gasteiger partial charge in [-0.15, -0.1) is 0 Å². The Labute approximate surface area is 198 Å². The minimum absolute atomic E-state index is 0.129. The van der Waals surface area contributed by atoms with E-state index >= 15 is 0 Å². The number of nitrogens with two attached hydrogens (primary N) is 1. The number of rotatable bonds is 8. The number of carbonyl (C=O) groups excluding carboxylic acids is 4. The average Bonchev–Trinajstić information content (AvgIpc) is 3.24. The molecule has 0 unspecified atom stereocenters. The van der Waals surface area contributed by atoms with Crippen LogP contribution in [0.2, 0.25) is 0 Å². The highest BCUT2D eigenvalue weighted by atomic mass is 16.2. The van der Waals surface area contributed by atoms with E-state index in [1.807, 2.05) is 13.8 Å². The number of aryl methyl sites for hydroxylation is 1. The molecular formula is C23H31N7O4. The highest BCUT2D eigenvalue weighted by Gasteiger charge is 2.39. The number of aromatic nitrogens is 3. The van der Waals surface area contributed by atoms with Crippen molar-refractivity contribution < 1.29 is 19.2 Å². The molecule has 0 spiro atoms. The summed E-state index contributed by atoms with van der Waals surface area (Å²) < 4.78 is 1.68. The number of nitrogens with zero attached hydrogens (tertiary/aromatic N) is 4. The first-order valence-electron chi connectivity index (χ1n) is 11.3. The van der Waals surface area contributed by atoms with E-state index in [-0.39, 0.29) is 36.5 Å². The summed E-state index contributed by atoms with van der Waals surface area (Å²) in [7, 11) is 1.75. The predicted octanol–water partition coefficient (Wildman–Crippen LogP) is 0.235. The van der Waals surface area contributed by atoms with Crippen molar-refractivity contribution in [2.24, 2.45) is 18.7 Å². The molecule has 1 saturated heterocycles. The van der Waals surface area contributed by atoms with Crippen LogP contribution in [0.5, 0.6) is 0 Å². The second kappa shape index (κ2) is 10.9. The second-order valence-corrected chi connectivity index (χ2v) is 8.90. The molecule has 182 valence electrons. The van der Waals surface area contributed by atoms with Gasteiger partial charge in [-0.05, 0) is 37.3 Å². The van der Waals surface area contributed by atoms with E-state index in [9.17, 15) is 19.2 Å². The van der Waals surface area contributed by atoms with Gasteiger partial charge in [-0.1, -0.05) is 13.8 Å². The minimum Gasteiger partial charge on any atom is -0.368 e. The van der Waals surface area contributed by atoms with Crippen LogP contribution in [0, 0.1) is 5.92 Å². The number of piperidine rings is 1. The maximum absolute atomic E-state index is 13.3. The number of primary amides is 1. The van der Waals surface area contributed by atoms with Gasteiger partial charge in [0, 0.05) is 38.2 Å². The summed E-state index contributed by atoms with van der Waals surface area (Å²) in [4.78, 5) is 60.5. The average molecular weight is 470 g/mol.